The fourth-order valence-corrected chi connectivity index (χ4v) is 6.11. The van der Waals surface area contributed by atoms with E-state index < -0.39 is 0 Å². The fourth-order valence-electron chi connectivity index (χ4n) is 4.04. The molecule has 1 saturated heterocycles. The maximum Gasteiger partial charge on any atom is 0.267 e. The van der Waals surface area contributed by atoms with Crippen molar-refractivity contribution in [3.63, 3.8) is 0 Å². The number of ether oxygens (including phenoxy) is 1. The first-order valence-corrected chi connectivity index (χ1v) is 12.4. The largest absolute Gasteiger partial charge is 0.497 e. The van der Waals surface area contributed by atoms with Crippen molar-refractivity contribution in [1.29, 1.82) is 0 Å². The van der Waals surface area contributed by atoms with Crippen molar-refractivity contribution in [3.8, 4) is 11.4 Å². The predicted octanol–water partition coefficient (Wildman–Crippen LogP) is 4.43. The summed E-state index contributed by atoms with van der Waals surface area (Å²) in [4.78, 5) is 35.0. The summed E-state index contributed by atoms with van der Waals surface area (Å²) in [5.41, 5.74) is 1.70. The van der Waals surface area contributed by atoms with Gasteiger partial charge >= 0.3 is 0 Å². The van der Waals surface area contributed by atoms with Gasteiger partial charge in [0.05, 0.1) is 23.9 Å². The van der Waals surface area contributed by atoms with Crippen molar-refractivity contribution in [2.24, 2.45) is 0 Å². The number of carbonyl (C=O) groups excluding carboxylic acids is 1. The Morgan fingerprint density at radius 3 is 2.55 bits per heavy atom. The molecule has 0 atom stereocenters. The lowest BCUT2D eigenvalue weighted by Crippen LogP contribution is -2.36. The number of carbonyl (C=O) groups is 1. The van der Waals surface area contributed by atoms with Gasteiger partial charge in [0.25, 0.3) is 5.56 Å². The zero-order valence-corrected chi connectivity index (χ0v) is 19.8. The third-order valence-electron chi connectivity index (χ3n) is 5.71. The number of piperidine rings is 1. The minimum Gasteiger partial charge on any atom is -0.497 e. The molecule has 1 aliphatic rings. The van der Waals surface area contributed by atoms with Crippen LogP contribution in [0.4, 0.5) is 0 Å². The Balaban J connectivity index is 1.76. The van der Waals surface area contributed by atoms with E-state index in [0.717, 1.165) is 59.1 Å². The quantitative estimate of drug-likeness (QED) is 0.405. The Kier molecular flexibility index (Phi) is 6.67. The van der Waals surface area contributed by atoms with E-state index in [1.165, 1.54) is 18.2 Å². The van der Waals surface area contributed by atoms with Gasteiger partial charge in [-0.1, -0.05) is 18.7 Å². The molecule has 0 N–H and O–H groups in total. The van der Waals surface area contributed by atoms with E-state index >= 15 is 0 Å². The number of methoxy groups -OCH3 is 1. The number of thioether (sulfide) groups is 1. The van der Waals surface area contributed by atoms with Crippen LogP contribution in [0, 0.1) is 6.92 Å². The van der Waals surface area contributed by atoms with Crippen LogP contribution in [0.25, 0.3) is 15.9 Å². The second-order valence-electron chi connectivity index (χ2n) is 7.63. The standard InChI is InChI=1S/C23H27N3O3S2/c1-4-18-15(2)31-21-20(18)22(28)26(16-8-10-17(29-3)11-9-16)23(24-21)30-14-19(27)25-12-6-5-7-13-25/h8-11H,4-7,12-14H2,1-3H3. The molecule has 31 heavy (non-hydrogen) atoms. The number of amides is 1. The van der Waals surface area contributed by atoms with E-state index in [0.29, 0.717) is 10.5 Å². The first-order valence-electron chi connectivity index (χ1n) is 10.6. The Morgan fingerprint density at radius 1 is 1.19 bits per heavy atom. The highest BCUT2D eigenvalue weighted by Crippen LogP contribution is 2.31. The number of hydrogen-bond donors (Lipinski definition) is 0. The summed E-state index contributed by atoms with van der Waals surface area (Å²) < 4.78 is 6.91. The number of nitrogens with zero attached hydrogens (tertiary/aromatic N) is 3. The molecule has 1 aliphatic heterocycles. The Hall–Kier alpha value is -2.32. The van der Waals surface area contributed by atoms with Crippen LogP contribution >= 0.6 is 23.1 Å². The summed E-state index contributed by atoms with van der Waals surface area (Å²) in [5, 5.41) is 1.24. The summed E-state index contributed by atoms with van der Waals surface area (Å²) in [5.74, 6) is 1.11. The normalized spacial score (nSPS) is 14.2. The van der Waals surface area contributed by atoms with Crippen molar-refractivity contribution >= 4 is 39.2 Å². The number of hydrogen-bond acceptors (Lipinski definition) is 6. The monoisotopic (exact) mass is 457 g/mol. The van der Waals surface area contributed by atoms with E-state index in [2.05, 4.69) is 6.92 Å². The highest BCUT2D eigenvalue weighted by molar-refractivity contribution is 7.99. The van der Waals surface area contributed by atoms with Gasteiger partial charge in [-0.2, -0.15) is 0 Å². The smallest absolute Gasteiger partial charge is 0.267 e. The Bertz CT molecular complexity index is 1150. The molecule has 0 bridgehead atoms. The average molecular weight is 458 g/mol. The van der Waals surface area contributed by atoms with Gasteiger partial charge in [0.15, 0.2) is 5.16 Å². The van der Waals surface area contributed by atoms with Crippen LogP contribution in [-0.4, -0.2) is 46.3 Å². The third-order valence-corrected chi connectivity index (χ3v) is 7.68. The number of aromatic nitrogens is 2. The predicted molar refractivity (Wildman–Crippen MR) is 127 cm³/mol. The van der Waals surface area contributed by atoms with Crippen LogP contribution in [0.5, 0.6) is 5.75 Å². The summed E-state index contributed by atoms with van der Waals surface area (Å²) in [6.45, 7) is 5.74. The molecule has 3 aromatic rings. The molecule has 1 aromatic carbocycles. The first kappa shape index (κ1) is 21.9. The first-order chi connectivity index (χ1) is 15.0. The van der Waals surface area contributed by atoms with Crippen molar-refractivity contribution < 1.29 is 9.53 Å². The van der Waals surface area contributed by atoms with Gasteiger partial charge in [0, 0.05) is 18.0 Å². The van der Waals surface area contributed by atoms with Crippen LogP contribution in [0.3, 0.4) is 0 Å². The number of aryl methyl sites for hydroxylation is 2. The number of likely N-dealkylation sites (tertiary alicyclic amines) is 1. The third kappa shape index (κ3) is 4.36. The number of fused-ring (bicyclic) bond motifs is 1. The van der Waals surface area contributed by atoms with Crippen LogP contribution < -0.4 is 10.3 Å². The van der Waals surface area contributed by atoms with Gasteiger partial charge in [0.1, 0.15) is 10.6 Å². The molecule has 0 unspecified atom stereocenters. The van der Waals surface area contributed by atoms with Crippen molar-refractivity contribution in [3.05, 3.63) is 45.1 Å². The van der Waals surface area contributed by atoms with Gasteiger partial charge in [0.2, 0.25) is 5.91 Å². The van der Waals surface area contributed by atoms with Crippen LogP contribution in [-0.2, 0) is 11.2 Å². The minimum atomic E-state index is -0.0794. The molecule has 1 fully saturated rings. The zero-order chi connectivity index (χ0) is 22.0. The molecule has 1 amide bonds. The molecule has 164 valence electrons. The molecule has 2 aromatic heterocycles. The molecule has 0 spiro atoms. The Morgan fingerprint density at radius 2 is 1.90 bits per heavy atom. The molecule has 0 saturated carbocycles. The lowest BCUT2D eigenvalue weighted by atomic mass is 10.1. The Labute approximate surface area is 190 Å². The highest BCUT2D eigenvalue weighted by Gasteiger charge is 2.22. The number of benzene rings is 1. The van der Waals surface area contributed by atoms with Gasteiger partial charge < -0.3 is 9.64 Å². The summed E-state index contributed by atoms with van der Waals surface area (Å²) in [7, 11) is 1.62. The SMILES string of the molecule is CCc1c(C)sc2nc(SCC(=O)N3CCCCC3)n(-c3ccc(OC)cc3)c(=O)c12. The maximum absolute atomic E-state index is 13.6. The summed E-state index contributed by atoms with van der Waals surface area (Å²) in [6, 6.07) is 7.38. The van der Waals surface area contributed by atoms with Gasteiger partial charge in [-0.15, -0.1) is 11.3 Å². The topological polar surface area (TPSA) is 64.4 Å². The second-order valence-corrected chi connectivity index (χ2v) is 9.78. The molecule has 0 aliphatic carbocycles. The molecule has 4 rings (SSSR count). The maximum atomic E-state index is 13.6. The van der Waals surface area contributed by atoms with Gasteiger partial charge in [-0.25, -0.2) is 4.98 Å². The minimum absolute atomic E-state index is 0.0794. The number of thiophene rings is 1. The summed E-state index contributed by atoms with van der Waals surface area (Å²) in [6.07, 6.45) is 4.09. The molecule has 6 nitrogen and oxygen atoms in total. The van der Waals surface area contributed by atoms with E-state index in [1.807, 2.05) is 36.1 Å². The van der Waals surface area contributed by atoms with Crippen LogP contribution in [0.2, 0.25) is 0 Å². The fraction of sp³-hybridized carbons (Fsp3) is 0.435. The average Bonchev–Trinajstić information content (AvgIpc) is 3.13. The lowest BCUT2D eigenvalue weighted by Gasteiger charge is -2.26. The zero-order valence-electron chi connectivity index (χ0n) is 18.1. The van der Waals surface area contributed by atoms with Crippen LogP contribution in [0.15, 0.2) is 34.2 Å². The molecular formula is C23H27N3O3S2. The van der Waals surface area contributed by atoms with Gasteiger partial charge in [-0.05, 0) is 62.4 Å². The molecule has 3 heterocycles. The number of rotatable bonds is 6. The lowest BCUT2D eigenvalue weighted by molar-refractivity contribution is -0.129. The van der Waals surface area contributed by atoms with E-state index in [9.17, 15) is 9.59 Å². The van der Waals surface area contributed by atoms with Gasteiger partial charge in [-0.3, -0.25) is 14.2 Å². The highest BCUT2D eigenvalue weighted by atomic mass is 32.2. The summed E-state index contributed by atoms with van der Waals surface area (Å²) >= 11 is 2.89. The molecule has 8 heteroatoms. The van der Waals surface area contributed by atoms with Crippen molar-refractivity contribution in [2.45, 2.75) is 44.7 Å². The van der Waals surface area contributed by atoms with E-state index in [-0.39, 0.29) is 17.2 Å². The van der Waals surface area contributed by atoms with Crippen molar-refractivity contribution in [1.82, 2.24) is 14.5 Å². The molecular weight excluding hydrogens is 430 g/mol. The van der Waals surface area contributed by atoms with Crippen molar-refractivity contribution in [2.75, 3.05) is 26.0 Å². The second kappa shape index (κ2) is 9.44. The van der Waals surface area contributed by atoms with E-state index in [1.54, 1.807) is 23.0 Å². The van der Waals surface area contributed by atoms with E-state index in [4.69, 9.17) is 9.72 Å². The van der Waals surface area contributed by atoms with Crippen LogP contribution in [0.1, 0.15) is 36.6 Å². The molecule has 0 radical (unpaired) electrons.